The summed E-state index contributed by atoms with van der Waals surface area (Å²) in [5.41, 5.74) is -0.129. The lowest BCUT2D eigenvalue weighted by Crippen LogP contribution is -2.26. The van der Waals surface area contributed by atoms with Crippen molar-refractivity contribution in [2.24, 2.45) is 0 Å². The highest BCUT2D eigenvalue weighted by atomic mass is 35.5. The van der Waals surface area contributed by atoms with E-state index in [0.717, 1.165) is 11.8 Å². The normalized spacial score (nSPS) is 11.2. The molecule has 5 nitrogen and oxygen atoms in total. The van der Waals surface area contributed by atoms with Crippen molar-refractivity contribution < 1.29 is 18.3 Å². The van der Waals surface area contributed by atoms with Crippen molar-refractivity contribution in [1.29, 1.82) is 0 Å². The third kappa shape index (κ3) is 4.82. The molecule has 0 heterocycles. The van der Waals surface area contributed by atoms with Gasteiger partial charge in [-0.3, -0.25) is 0 Å². The van der Waals surface area contributed by atoms with Crippen LogP contribution in [0.3, 0.4) is 0 Å². The number of aromatic carboxylic acids is 1. The largest absolute Gasteiger partial charge is 0.478 e. The van der Waals surface area contributed by atoms with Gasteiger partial charge in [-0.1, -0.05) is 17.7 Å². The maximum absolute atomic E-state index is 12.0. The van der Waals surface area contributed by atoms with Gasteiger partial charge in [-0.2, -0.15) is 11.8 Å². The minimum Gasteiger partial charge on any atom is -0.478 e. The summed E-state index contributed by atoms with van der Waals surface area (Å²) >= 11 is 7.35. The molecular weight excluding hydrogens is 322 g/mol. The average Bonchev–Trinajstić information content (AvgIpc) is 2.38. The number of carboxylic acid groups (broad SMARTS) is 1. The quantitative estimate of drug-likeness (QED) is 0.562. The van der Waals surface area contributed by atoms with E-state index in [-0.39, 0.29) is 22.0 Å². The minimum atomic E-state index is -3.82. The van der Waals surface area contributed by atoms with Crippen LogP contribution in [0.25, 0.3) is 0 Å². The number of hydrogen-bond acceptors (Lipinski definition) is 4. The summed E-state index contributed by atoms with van der Waals surface area (Å²) in [7, 11) is -3.82. The Balaban J connectivity index is 2.83. The average molecular weight is 336 g/mol. The summed E-state index contributed by atoms with van der Waals surface area (Å²) in [4.78, 5) is 10.6. The van der Waals surface area contributed by atoms with Crippen LogP contribution in [-0.2, 0) is 10.0 Å². The number of rotatable bonds is 8. The van der Waals surface area contributed by atoms with E-state index in [1.165, 1.54) is 23.9 Å². The van der Waals surface area contributed by atoms with Crippen molar-refractivity contribution in [2.75, 3.05) is 18.1 Å². The Hall–Kier alpha value is -1.02. The predicted octanol–water partition coefficient (Wildman–Crippen LogP) is 2.24. The van der Waals surface area contributed by atoms with Gasteiger partial charge in [0.15, 0.2) is 0 Å². The maximum atomic E-state index is 12.0. The Labute approximate surface area is 127 Å². The van der Waals surface area contributed by atoms with Gasteiger partial charge in [-0.25, -0.2) is 17.9 Å². The highest BCUT2D eigenvalue weighted by molar-refractivity contribution is 7.99. The van der Waals surface area contributed by atoms with Crippen molar-refractivity contribution in [1.82, 2.24) is 4.72 Å². The highest BCUT2D eigenvalue weighted by Crippen LogP contribution is 2.22. The molecule has 0 saturated carbocycles. The lowest BCUT2D eigenvalue weighted by Gasteiger charge is -2.08. The number of nitrogens with one attached hydrogen (secondary N) is 1. The van der Waals surface area contributed by atoms with Crippen LogP contribution >= 0.6 is 23.4 Å². The summed E-state index contributed by atoms with van der Waals surface area (Å²) < 4.78 is 26.5. The molecule has 20 heavy (non-hydrogen) atoms. The molecule has 0 spiro atoms. The molecule has 0 unspecified atom stereocenters. The van der Waals surface area contributed by atoms with Crippen molar-refractivity contribution in [3.63, 3.8) is 0 Å². The molecule has 0 radical (unpaired) electrons. The number of thioether (sulfide) groups is 1. The van der Waals surface area contributed by atoms with Crippen molar-refractivity contribution in [3.05, 3.63) is 41.4 Å². The van der Waals surface area contributed by atoms with E-state index >= 15 is 0 Å². The van der Waals surface area contributed by atoms with E-state index in [4.69, 9.17) is 16.7 Å². The molecule has 0 bridgehead atoms. The predicted molar refractivity (Wildman–Crippen MR) is 81.1 cm³/mol. The van der Waals surface area contributed by atoms with E-state index in [9.17, 15) is 13.2 Å². The molecular formula is C12H14ClNO4S2. The Bertz CT molecular complexity index is 601. The maximum Gasteiger partial charge on any atom is 0.335 e. The molecule has 0 aliphatic carbocycles. The van der Waals surface area contributed by atoms with Gasteiger partial charge in [0, 0.05) is 18.1 Å². The summed E-state index contributed by atoms with van der Waals surface area (Å²) in [6.07, 6.45) is 1.73. The fourth-order valence-electron chi connectivity index (χ4n) is 1.33. The molecule has 1 aromatic rings. The summed E-state index contributed by atoms with van der Waals surface area (Å²) in [6.45, 7) is 3.79. The van der Waals surface area contributed by atoms with E-state index < -0.39 is 16.0 Å². The summed E-state index contributed by atoms with van der Waals surface area (Å²) in [6, 6.07) is 3.56. The lowest BCUT2D eigenvalue weighted by molar-refractivity contribution is 0.0696. The monoisotopic (exact) mass is 335 g/mol. The first-order chi connectivity index (χ1) is 9.38. The van der Waals surface area contributed by atoms with Gasteiger partial charge < -0.3 is 5.11 Å². The Morgan fingerprint density at radius 1 is 1.50 bits per heavy atom. The molecule has 0 fully saturated rings. The highest BCUT2D eigenvalue weighted by Gasteiger charge is 2.19. The van der Waals surface area contributed by atoms with Crippen LogP contribution in [0.2, 0.25) is 5.02 Å². The van der Waals surface area contributed by atoms with E-state index in [1.807, 2.05) is 0 Å². The second-order valence-electron chi connectivity index (χ2n) is 3.71. The van der Waals surface area contributed by atoms with E-state index in [1.54, 1.807) is 6.08 Å². The number of carbonyl (C=O) groups is 1. The summed E-state index contributed by atoms with van der Waals surface area (Å²) in [5, 5.41) is 8.86. The van der Waals surface area contributed by atoms with Crippen molar-refractivity contribution >= 4 is 39.4 Å². The number of carboxylic acids is 1. The zero-order valence-electron chi connectivity index (χ0n) is 10.5. The molecule has 0 aliphatic rings. The first kappa shape index (κ1) is 17.0. The third-order valence-corrected chi connectivity index (χ3v) is 5.15. The Morgan fingerprint density at radius 2 is 2.20 bits per heavy atom. The van der Waals surface area contributed by atoms with Gasteiger partial charge in [0.2, 0.25) is 10.0 Å². The van der Waals surface area contributed by atoms with Crippen LogP contribution in [0.1, 0.15) is 10.4 Å². The molecule has 0 amide bonds. The zero-order chi connectivity index (χ0) is 15.2. The lowest BCUT2D eigenvalue weighted by atomic mass is 10.2. The minimum absolute atomic E-state index is 0.0127. The summed E-state index contributed by atoms with van der Waals surface area (Å²) in [5.74, 6) is 0.109. The van der Waals surface area contributed by atoms with E-state index in [0.29, 0.717) is 5.75 Å². The van der Waals surface area contributed by atoms with Gasteiger partial charge in [0.25, 0.3) is 0 Å². The molecule has 1 aromatic carbocycles. The first-order valence-corrected chi connectivity index (χ1v) is 8.61. The Kier molecular flexibility index (Phi) is 6.54. The third-order valence-electron chi connectivity index (χ3n) is 2.24. The SMILES string of the molecule is C=CCSCCNS(=O)(=O)c1cc(C(=O)O)ccc1Cl. The van der Waals surface area contributed by atoms with Crippen LogP contribution in [0.15, 0.2) is 35.7 Å². The molecule has 0 aliphatic heterocycles. The molecule has 0 aromatic heterocycles. The van der Waals surface area contributed by atoms with Crippen LogP contribution in [-0.4, -0.2) is 37.5 Å². The van der Waals surface area contributed by atoms with Crippen molar-refractivity contribution in [3.8, 4) is 0 Å². The smallest absolute Gasteiger partial charge is 0.335 e. The fourth-order valence-corrected chi connectivity index (χ4v) is 3.60. The van der Waals surface area contributed by atoms with Gasteiger partial charge in [-0.15, -0.1) is 6.58 Å². The number of hydrogen-bond donors (Lipinski definition) is 2. The van der Waals surface area contributed by atoms with E-state index in [2.05, 4.69) is 11.3 Å². The topological polar surface area (TPSA) is 83.5 Å². The molecule has 0 saturated heterocycles. The number of benzene rings is 1. The second kappa shape index (κ2) is 7.68. The number of sulfonamides is 1. The molecule has 0 atom stereocenters. The van der Waals surface area contributed by atoms with Gasteiger partial charge >= 0.3 is 5.97 Å². The van der Waals surface area contributed by atoms with Gasteiger partial charge in [0.05, 0.1) is 10.6 Å². The van der Waals surface area contributed by atoms with Gasteiger partial charge in [-0.05, 0) is 18.2 Å². The standard InChI is InChI=1S/C12H14ClNO4S2/c1-2-6-19-7-5-14-20(17,18)11-8-9(12(15)16)3-4-10(11)13/h2-4,8,14H,1,5-7H2,(H,15,16). The molecule has 1 rings (SSSR count). The van der Waals surface area contributed by atoms with Gasteiger partial charge in [0.1, 0.15) is 4.90 Å². The first-order valence-electron chi connectivity index (χ1n) is 5.59. The molecule has 110 valence electrons. The molecule has 2 N–H and O–H groups in total. The Morgan fingerprint density at radius 3 is 2.80 bits per heavy atom. The number of halogens is 1. The second-order valence-corrected chi connectivity index (χ2v) is 7.00. The molecule has 8 heteroatoms. The van der Waals surface area contributed by atoms with Crippen LogP contribution in [0.5, 0.6) is 0 Å². The van der Waals surface area contributed by atoms with Crippen molar-refractivity contribution in [2.45, 2.75) is 4.90 Å². The fraction of sp³-hybridized carbons (Fsp3) is 0.250. The van der Waals surface area contributed by atoms with Crippen LogP contribution in [0, 0.1) is 0 Å². The van der Waals surface area contributed by atoms with Crippen LogP contribution < -0.4 is 4.72 Å². The van der Waals surface area contributed by atoms with Crippen LogP contribution in [0.4, 0.5) is 0 Å². The zero-order valence-corrected chi connectivity index (χ0v) is 12.9.